The van der Waals surface area contributed by atoms with Gasteiger partial charge in [0.25, 0.3) is 5.91 Å². The standard InChI is InChI=1S/C14H19FN4O/c15-10-7-12(13(16)17-8-10)14(20)19-6-5-18-4-2-1-3-11(18)9-19/h7-8,11H,1-6,9H2,(H2,16,17). The minimum absolute atomic E-state index is 0.0995. The summed E-state index contributed by atoms with van der Waals surface area (Å²) in [7, 11) is 0. The molecule has 1 aromatic heterocycles. The summed E-state index contributed by atoms with van der Waals surface area (Å²) in [6.45, 7) is 3.38. The van der Waals surface area contributed by atoms with Crippen LogP contribution in [0.25, 0.3) is 0 Å². The Morgan fingerprint density at radius 1 is 1.35 bits per heavy atom. The van der Waals surface area contributed by atoms with Crippen LogP contribution in [-0.2, 0) is 0 Å². The summed E-state index contributed by atoms with van der Waals surface area (Å²) in [5.41, 5.74) is 5.87. The number of piperidine rings is 1. The number of nitrogens with zero attached hydrogens (tertiary/aromatic N) is 3. The molecule has 0 aromatic carbocycles. The Bertz CT molecular complexity index is 522. The van der Waals surface area contributed by atoms with Crippen molar-refractivity contribution in [1.82, 2.24) is 14.8 Å². The van der Waals surface area contributed by atoms with E-state index in [4.69, 9.17) is 5.73 Å². The number of piperazine rings is 1. The van der Waals surface area contributed by atoms with Crippen LogP contribution in [0.2, 0.25) is 0 Å². The number of anilines is 1. The number of nitrogen functional groups attached to an aromatic ring is 1. The van der Waals surface area contributed by atoms with E-state index >= 15 is 0 Å². The molecule has 0 radical (unpaired) electrons. The van der Waals surface area contributed by atoms with Crippen molar-refractivity contribution in [3.05, 3.63) is 23.6 Å². The number of halogens is 1. The highest BCUT2D eigenvalue weighted by atomic mass is 19.1. The molecule has 2 saturated heterocycles. The van der Waals surface area contributed by atoms with Crippen LogP contribution in [0, 0.1) is 5.82 Å². The number of hydrogen-bond donors (Lipinski definition) is 1. The van der Waals surface area contributed by atoms with Crippen LogP contribution in [-0.4, -0.2) is 52.9 Å². The molecular formula is C14H19FN4O. The van der Waals surface area contributed by atoms with Crippen molar-refractivity contribution >= 4 is 11.7 Å². The number of carbonyl (C=O) groups is 1. The van der Waals surface area contributed by atoms with E-state index in [1.165, 1.54) is 18.9 Å². The maximum Gasteiger partial charge on any atom is 0.257 e. The van der Waals surface area contributed by atoms with Gasteiger partial charge in [0.1, 0.15) is 11.6 Å². The van der Waals surface area contributed by atoms with Crippen LogP contribution in [0.3, 0.4) is 0 Å². The first-order chi connectivity index (χ1) is 9.65. The number of nitrogens with two attached hydrogens (primary N) is 1. The van der Waals surface area contributed by atoms with Gasteiger partial charge in [0, 0.05) is 25.7 Å². The second kappa shape index (κ2) is 5.36. The summed E-state index contributed by atoms with van der Waals surface area (Å²) >= 11 is 0. The molecule has 6 heteroatoms. The van der Waals surface area contributed by atoms with Crippen LogP contribution >= 0.6 is 0 Å². The van der Waals surface area contributed by atoms with Gasteiger partial charge in [-0.25, -0.2) is 9.37 Å². The van der Waals surface area contributed by atoms with Gasteiger partial charge in [0.15, 0.2) is 0 Å². The van der Waals surface area contributed by atoms with Gasteiger partial charge in [-0.2, -0.15) is 0 Å². The molecule has 1 unspecified atom stereocenters. The maximum absolute atomic E-state index is 13.2. The summed E-state index contributed by atoms with van der Waals surface area (Å²) in [4.78, 5) is 20.4. The number of hydrogen-bond acceptors (Lipinski definition) is 4. The quantitative estimate of drug-likeness (QED) is 0.836. The van der Waals surface area contributed by atoms with Crippen molar-refractivity contribution in [2.75, 3.05) is 31.9 Å². The minimum atomic E-state index is -0.529. The van der Waals surface area contributed by atoms with Crippen molar-refractivity contribution in [2.24, 2.45) is 0 Å². The molecule has 0 bridgehead atoms. The van der Waals surface area contributed by atoms with Gasteiger partial charge in [0.05, 0.1) is 11.8 Å². The lowest BCUT2D eigenvalue weighted by Gasteiger charge is -2.44. The molecule has 3 rings (SSSR count). The van der Waals surface area contributed by atoms with Gasteiger partial charge < -0.3 is 10.6 Å². The third-order valence-corrected chi connectivity index (χ3v) is 4.24. The Hall–Kier alpha value is -1.69. The van der Waals surface area contributed by atoms with E-state index in [0.717, 1.165) is 25.7 Å². The maximum atomic E-state index is 13.2. The summed E-state index contributed by atoms with van der Waals surface area (Å²) < 4.78 is 13.2. The third-order valence-electron chi connectivity index (χ3n) is 4.24. The van der Waals surface area contributed by atoms with E-state index in [9.17, 15) is 9.18 Å². The summed E-state index contributed by atoms with van der Waals surface area (Å²) in [6, 6.07) is 1.61. The van der Waals surface area contributed by atoms with Crippen molar-refractivity contribution in [3.8, 4) is 0 Å². The van der Waals surface area contributed by atoms with Gasteiger partial charge in [-0.3, -0.25) is 9.69 Å². The second-order valence-electron chi connectivity index (χ2n) is 5.52. The Morgan fingerprint density at radius 3 is 3.05 bits per heavy atom. The molecule has 20 heavy (non-hydrogen) atoms. The number of rotatable bonds is 1. The Morgan fingerprint density at radius 2 is 2.20 bits per heavy atom. The molecule has 0 saturated carbocycles. The van der Waals surface area contributed by atoms with Gasteiger partial charge in [-0.1, -0.05) is 6.42 Å². The summed E-state index contributed by atoms with van der Waals surface area (Å²) in [6.07, 6.45) is 4.61. The van der Waals surface area contributed by atoms with Crippen LogP contribution in [0.15, 0.2) is 12.3 Å². The van der Waals surface area contributed by atoms with Crippen molar-refractivity contribution in [3.63, 3.8) is 0 Å². The van der Waals surface area contributed by atoms with E-state index in [2.05, 4.69) is 9.88 Å². The predicted octanol–water partition coefficient (Wildman–Crippen LogP) is 1.11. The summed E-state index contributed by atoms with van der Waals surface area (Å²) in [5, 5.41) is 0. The van der Waals surface area contributed by atoms with Gasteiger partial charge in [-0.15, -0.1) is 0 Å². The van der Waals surface area contributed by atoms with E-state index in [-0.39, 0.29) is 17.3 Å². The average Bonchev–Trinajstić information content (AvgIpc) is 2.48. The topological polar surface area (TPSA) is 62.5 Å². The molecule has 0 spiro atoms. The van der Waals surface area contributed by atoms with Crippen LogP contribution < -0.4 is 5.73 Å². The van der Waals surface area contributed by atoms with E-state index in [1.54, 1.807) is 4.90 Å². The van der Waals surface area contributed by atoms with Crippen molar-refractivity contribution in [1.29, 1.82) is 0 Å². The number of fused-ring (bicyclic) bond motifs is 1. The number of carbonyl (C=O) groups excluding carboxylic acids is 1. The lowest BCUT2D eigenvalue weighted by Crippen LogP contribution is -2.56. The van der Waals surface area contributed by atoms with Crippen molar-refractivity contribution in [2.45, 2.75) is 25.3 Å². The predicted molar refractivity (Wildman–Crippen MR) is 73.7 cm³/mol. The number of amides is 1. The van der Waals surface area contributed by atoms with E-state index in [0.29, 0.717) is 19.1 Å². The Balaban J connectivity index is 1.76. The lowest BCUT2D eigenvalue weighted by molar-refractivity contribution is 0.0372. The zero-order valence-electron chi connectivity index (χ0n) is 11.4. The van der Waals surface area contributed by atoms with E-state index in [1.807, 2.05) is 0 Å². The number of pyridine rings is 1. The van der Waals surface area contributed by atoms with Crippen LogP contribution in [0.5, 0.6) is 0 Å². The highest BCUT2D eigenvalue weighted by Gasteiger charge is 2.32. The van der Waals surface area contributed by atoms with Gasteiger partial charge in [0.2, 0.25) is 0 Å². The number of aromatic nitrogens is 1. The monoisotopic (exact) mass is 278 g/mol. The Labute approximate surface area is 117 Å². The second-order valence-corrected chi connectivity index (χ2v) is 5.52. The fourth-order valence-electron chi connectivity index (χ4n) is 3.13. The van der Waals surface area contributed by atoms with Crippen LogP contribution in [0.4, 0.5) is 10.2 Å². The molecule has 1 aromatic rings. The minimum Gasteiger partial charge on any atom is -0.383 e. The molecule has 5 nitrogen and oxygen atoms in total. The first-order valence-electron chi connectivity index (χ1n) is 7.09. The molecule has 3 heterocycles. The molecule has 2 N–H and O–H groups in total. The molecule has 0 aliphatic carbocycles. The highest BCUT2D eigenvalue weighted by Crippen LogP contribution is 2.23. The molecule has 2 aliphatic heterocycles. The normalized spacial score (nSPS) is 23.4. The molecule has 2 fully saturated rings. The average molecular weight is 278 g/mol. The lowest BCUT2D eigenvalue weighted by atomic mass is 9.99. The zero-order valence-corrected chi connectivity index (χ0v) is 11.4. The molecule has 1 atom stereocenters. The largest absolute Gasteiger partial charge is 0.383 e. The fraction of sp³-hybridized carbons (Fsp3) is 0.571. The third kappa shape index (κ3) is 2.47. The van der Waals surface area contributed by atoms with Gasteiger partial charge >= 0.3 is 0 Å². The van der Waals surface area contributed by atoms with E-state index < -0.39 is 5.82 Å². The first-order valence-corrected chi connectivity index (χ1v) is 7.09. The molecule has 1 amide bonds. The molecule has 2 aliphatic rings. The zero-order chi connectivity index (χ0) is 14.1. The summed E-state index contributed by atoms with van der Waals surface area (Å²) in [5.74, 6) is -0.638. The highest BCUT2D eigenvalue weighted by molar-refractivity contribution is 5.98. The fourth-order valence-corrected chi connectivity index (χ4v) is 3.13. The first kappa shape index (κ1) is 13.3. The van der Waals surface area contributed by atoms with Gasteiger partial charge in [-0.05, 0) is 25.5 Å². The smallest absolute Gasteiger partial charge is 0.257 e. The molecular weight excluding hydrogens is 259 g/mol. The molecule has 108 valence electrons. The van der Waals surface area contributed by atoms with Crippen LogP contribution in [0.1, 0.15) is 29.6 Å². The SMILES string of the molecule is Nc1ncc(F)cc1C(=O)N1CCN2CCCCC2C1. The Kier molecular flexibility index (Phi) is 3.56. The van der Waals surface area contributed by atoms with Crippen molar-refractivity contribution < 1.29 is 9.18 Å².